The van der Waals surface area contributed by atoms with Gasteiger partial charge in [0.15, 0.2) is 0 Å². The van der Waals surface area contributed by atoms with Gasteiger partial charge in [-0.2, -0.15) is 0 Å². The normalized spacial score (nSPS) is 15.2. The highest BCUT2D eigenvalue weighted by atomic mass is 16.5. The number of nitrogens with one attached hydrogen (secondary N) is 1. The Hall–Kier alpha value is -3.02. The van der Waals surface area contributed by atoms with Gasteiger partial charge in [0, 0.05) is 6.54 Å². The minimum absolute atomic E-state index is 0.0296. The number of hydrogen-bond acceptors (Lipinski definition) is 4. The Labute approximate surface area is 152 Å². The maximum Gasteiger partial charge on any atom is 0.335 e. The Morgan fingerprint density at radius 1 is 1.15 bits per heavy atom. The molecule has 0 bridgehead atoms. The number of rotatable bonds is 6. The Morgan fingerprint density at radius 2 is 1.85 bits per heavy atom. The quantitative estimate of drug-likeness (QED) is 0.778. The number of hydrogen-bond donors (Lipinski definition) is 2. The summed E-state index contributed by atoms with van der Waals surface area (Å²) in [7, 11) is 0. The van der Waals surface area contributed by atoms with E-state index >= 15 is 0 Å². The van der Waals surface area contributed by atoms with Crippen LogP contribution in [0.3, 0.4) is 0 Å². The molecule has 3 rings (SSSR count). The van der Waals surface area contributed by atoms with E-state index in [0.29, 0.717) is 25.3 Å². The molecule has 1 aliphatic heterocycles. The second-order valence-corrected chi connectivity index (χ2v) is 6.76. The van der Waals surface area contributed by atoms with Gasteiger partial charge in [-0.25, -0.2) is 4.79 Å². The van der Waals surface area contributed by atoms with Crippen molar-refractivity contribution >= 4 is 23.3 Å². The van der Waals surface area contributed by atoms with Gasteiger partial charge in [-0.1, -0.05) is 12.1 Å². The van der Waals surface area contributed by atoms with E-state index in [9.17, 15) is 9.59 Å². The zero-order chi connectivity index (χ0) is 18.7. The molecule has 1 aliphatic rings. The molecule has 0 radical (unpaired) electrons. The van der Waals surface area contributed by atoms with E-state index in [-0.39, 0.29) is 11.5 Å². The second-order valence-electron chi connectivity index (χ2n) is 6.76. The molecule has 0 spiro atoms. The van der Waals surface area contributed by atoms with Crippen molar-refractivity contribution in [2.45, 2.75) is 25.8 Å². The van der Waals surface area contributed by atoms with Gasteiger partial charge in [0.25, 0.3) is 5.91 Å². The maximum absolute atomic E-state index is 12.7. The summed E-state index contributed by atoms with van der Waals surface area (Å²) in [4.78, 5) is 25.4. The summed E-state index contributed by atoms with van der Waals surface area (Å²) in [6, 6.07) is 14.1. The molecule has 0 fully saturated rings. The number of amides is 1. The van der Waals surface area contributed by atoms with Crippen LogP contribution in [0.1, 0.15) is 30.6 Å². The van der Waals surface area contributed by atoms with Crippen LogP contribution in [-0.2, 0) is 4.79 Å². The monoisotopic (exact) mass is 354 g/mol. The molecule has 0 aromatic heterocycles. The molecular weight excluding hydrogens is 332 g/mol. The van der Waals surface area contributed by atoms with Crippen LogP contribution in [0.25, 0.3) is 0 Å². The first kappa shape index (κ1) is 17.8. The standard InChI is InChI=1S/C20H22N2O4/c1-20(2)19(25)22(17-7-4-3-6-16(17)21-20)12-5-13-26-15-10-8-14(9-11-15)18(23)24/h3-4,6-11,21H,5,12-13H2,1-2H3,(H,23,24). The maximum atomic E-state index is 12.7. The average Bonchev–Trinajstić information content (AvgIpc) is 2.61. The SMILES string of the molecule is CC1(C)Nc2ccccc2N(CCCOc2ccc(C(=O)O)cc2)C1=O. The molecule has 136 valence electrons. The third-order valence-electron chi connectivity index (χ3n) is 4.32. The summed E-state index contributed by atoms with van der Waals surface area (Å²) in [6.07, 6.45) is 0.664. The molecule has 1 heterocycles. The number of ether oxygens (including phenoxy) is 1. The van der Waals surface area contributed by atoms with Gasteiger partial charge in [-0.15, -0.1) is 0 Å². The predicted octanol–water partition coefficient (Wildman–Crippen LogP) is 3.39. The molecular formula is C20H22N2O4. The summed E-state index contributed by atoms with van der Waals surface area (Å²) < 4.78 is 5.66. The lowest BCUT2D eigenvalue weighted by molar-refractivity contribution is -0.122. The van der Waals surface area contributed by atoms with Crippen molar-refractivity contribution in [1.29, 1.82) is 0 Å². The van der Waals surface area contributed by atoms with Gasteiger partial charge in [0.05, 0.1) is 23.5 Å². The zero-order valence-corrected chi connectivity index (χ0v) is 14.9. The van der Waals surface area contributed by atoms with Gasteiger partial charge >= 0.3 is 5.97 Å². The molecule has 6 nitrogen and oxygen atoms in total. The molecule has 6 heteroatoms. The highest BCUT2D eigenvalue weighted by molar-refractivity contribution is 6.07. The third kappa shape index (κ3) is 3.64. The molecule has 0 atom stereocenters. The lowest BCUT2D eigenvalue weighted by atomic mass is 9.98. The number of benzene rings is 2. The Morgan fingerprint density at radius 3 is 2.54 bits per heavy atom. The molecule has 1 amide bonds. The van der Waals surface area contributed by atoms with Crippen molar-refractivity contribution < 1.29 is 19.4 Å². The first-order valence-electron chi connectivity index (χ1n) is 8.54. The number of carbonyl (C=O) groups excluding carboxylic acids is 1. The van der Waals surface area contributed by atoms with Crippen LogP contribution in [-0.4, -0.2) is 35.7 Å². The van der Waals surface area contributed by atoms with Crippen molar-refractivity contribution in [3.63, 3.8) is 0 Å². The molecule has 26 heavy (non-hydrogen) atoms. The Kier molecular flexibility index (Phi) is 4.84. The summed E-state index contributed by atoms with van der Waals surface area (Å²) in [5.74, 6) is -0.320. The minimum Gasteiger partial charge on any atom is -0.494 e. The van der Waals surface area contributed by atoms with Crippen molar-refractivity contribution in [2.24, 2.45) is 0 Å². The second kappa shape index (κ2) is 7.07. The molecule has 0 saturated carbocycles. The van der Waals surface area contributed by atoms with E-state index in [1.165, 1.54) is 12.1 Å². The number of fused-ring (bicyclic) bond motifs is 1. The van der Waals surface area contributed by atoms with Gasteiger partial charge < -0.3 is 20.1 Å². The van der Waals surface area contributed by atoms with Gasteiger partial charge in [0.1, 0.15) is 11.3 Å². The highest BCUT2D eigenvalue weighted by Gasteiger charge is 2.37. The number of carboxylic acid groups (broad SMARTS) is 1. The van der Waals surface area contributed by atoms with Crippen LogP contribution in [0, 0.1) is 0 Å². The molecule has 0 saturated heterocycles. The average molecular weight is 354 g/mol. The highest BCUT2D eigenvalue weighted by Crippen LogP contribution is 2.34. The number of nitrogens with zero attached hydrogens (tertiary/aromatic N) is 1. The van der Waals surface area contributed by atoms with Crippen LogP contribution in [0.15, 0.2) is 48.5 Å². The van der Waals surface area contributed by atoms with Crippen LogP contribution in [0.4, 0.5) is 11.4 Å². The fraction of sp³-hybridized carbons (Fsp3) is 0.300. The minimum atomic E-state index is -0.963. The lowest BCUT2D eigenvalue weighted by Crippen LogP contribution is -2.54. The van der Waals surface area contributed by atoms with E-state index in [1.807, 2.05) is 38.1 Å². The van der Waals surface area contributed by atoms with Gasteiger partial charge in [-0.3, -0.25) is 4.79 Å². The predicted molar refractivity (Wildman–Crippen MR) is 100 cm³/mol. The topological polar surface area (TPSA) is 78.9 Å². The molecule has 0 aliphatic carbocycles. The van der Waals surface area contributed by atoms with E-state index in [4.69, 9.17) is 9.84 Å². The Balaban J connectivity index is 1.60. The Bertz CT molecular complexity index is 815. The molecule has 0 unspecified atom stereocenters. The summed E-state index contributed by atoms with van der Waals surface area (Å²) in [5.41, 5.74) is 1.40. The first-order chi connectivity index (χ1) is 12.4. The van der Waals surface area contributed by atoms with E-state index in [1.54, 1.807) is 17.0 Å². The smallest absolute Gasteiger partial charge is 0.335 e. The molecule has 2 N–H and O–H groups in total. The van der Waals surface area contributed by atoms with Crippen molar-refractivity contribution in [3.8, 4) is 5.75 Å². The van der Waals surface area contributed by atoms with Crippen LogP contribution < -0.4 is 15.0 Å². The fourth-order valence-corrected chi connectivity index (χ4v) is 2.98. The van der Waals surface area contributed by atoms with Crippen LogP contribution >= 0.6 is 0 Å². The number of aromatic carboxylic acids is 1. The fourth-order valence-electron chi connectivity index (χ4n) is 2.98. The van der Waals surface area contributed by atoms with E-state index in [2.05, 4.69) is 5.32 Å². The number of carboxylic acids is 1. The van der Waals surface area contributed by atoms with E-state index in [0.717, 1.165) is 11.4 Å². The van der Waals surface area contributed by atoms with Crippen LogP contribution in [0.5, 0.6) is 5.75 Å². The van der Waals surface area contributed by atoms with Gasteiger partial charge in [-0.05, 0) is 56.7 Å². The first-order valence-corrected chi connectivity index (χ1v) is 8.54. The van der Waals surface area contributed by atoms with Crippen molar-refractivity contribution in [1.82, 2.24) is 0 Å². The third-order valence-corrected chi connectivity index (χ3v) is 4.32. The van der Waals surface area contributed by atoms with Crippen LogP contribution in [0.2, 0.25) is 0 Å². The molecule has 2 aromatic carbocycles. The van der Waals surface area contributed by atoms with Crippen molar-refractivity contribution in [3.05, 3.63) is 54.1 Å². The van der Waals surface area contributed by atoms with Crippen molar-refractivity contribution in [2.75, 3.05) is 23.4 Å². The summed E-state index contributed by atoms with van der Waals surface area (Å²) in [6.45, 7) is 4.73. The summed E-state index contributed by atoms with van der Waals surface area (Å²) >= 11 is 0. The largest absolute Gasteiger partial charge is 0.494 e. The number of para-hydroxylation sites is 2. The number of anilines is 2. The summed E-state index contributed by atoms with van der Waals surface area (Å²) in [5, 5.41) is 12.2. The zero-order valence-electron chi connectivity index (χ0n) is 14.9. The van der Waals surface area contributed by atoms with E-state index < -0.39 is 11.5 Å². The lowest BCUT2D eigenvalue weighted by Gasteiger charge is -2.40. The van der Waals surface area contributed by atoms with Gasteiger partial charge in [0.2, 0.25) is 0 Å². The molecule has 2 aromatic rings. The number of carbonyl (C=O) groups is 2.